The molecule has 3 heteroatoms. The molecule has 0 radical (unpaired) electrons. The molecule has 1 aromatic heterocycles. The first-order chi connectivity index (χ1) is 7.69. The number of nitrogens with zero attached hydrogens (tertiary/aromatic N) is 2. The molecule has 0 aromatic carbocycles. The number of hydrogen-bond donors (Lipinski definition) is 1. The highest BCUT2D eigenvalue weighted by atomic mass is 15.3. The zero-order valence-electron chi connectivity index (χ0n) is 11.0. The number of hydrogen-bond acceptors (Lipinski definition) is 2. The minimum Gasteiger partial charge on any atom is -0.310 e. The fourth-order valence-corrected chi connectivity index (χ4v) is 1.93. The van der Waals surface area contributed by atoms with Crippen LogP contribution in [0.2, 0.25) is 0 Å². The van der Waals surface area contributed by atoms with Gasteiger partial charge in [-0.1, -0.05) is 27.7 Å². The van der Waals surface area contributed by atoms with Gasteiger partial charge in [-0.15, -0.1) is 0 Å². The Morgan fingerprint density at radius 2 is 2.06 bits per heavy atom. The Morgan fingerprint density at radius 1 is 1.31 bits per heavy atom. The molecule has 0 fully saturated rings. The maximum atomic E-state index is 4.39. The highest BCUT2D eigenvalue weighted by Crippen LogP contribution is 2.20. The van der Waals surface area contributed by atoms with E-state index in [4.69, 9.17) is 0 Å². The van der Waals surface area contributed by atoms with Gasteiger partial charge in [0.1, 0.15) is 0 Å². The fourth-order valence-electron chi connectivity index (χ4n) is 1.93. The van der Waals surface area contributed by atoms with Crippen molar-refractivity contribution in [2.75, 3.05) is 6.54 Å². The van der Waals surface area contributed by atoms with Crippen molar-refractivity contribution in [3.63, 3.8) is 0 Å². The second-order valence-corrected chi connectivity index (χ2v) is 4.71. The van der Waals surface area contributed by atoms with Crippen LogP contribution < -0.4 is 5.32 Å². The number of rotatable bonds is 7. The van der Waals surface area contributed by atoms with Gasteiger partial charge in [0.25, 0.3) is 0 Å². The lowest BCUT2D eigenvalue weighted by atomic mass is 9.99. The van der Waals surface area contributed by atoms with Crippen LogP contribution in [0, 0.1) is 5.92 Å². The number of nitrogens with one attached hydrogen (secondary N) is 1. The lowest BCUT2D eigenvalue weighted by molar-refractivity contribution is 0.412. The van der Waals surface area contributed by atoms with Gasteiger partial charge >= 0.3 is 0 Å². The Hall–Kier alpha value is -0.830. The van der Waals surface area contributed by atoms with Crippen molar-refractivity contribution in [1.29, 1.82) is 0 Å². The predicted molar refractivity (Wildman–Crippen MR) is 68.4 cm³/mol. The summed E-state index contributed by atoms with van der Waals surface area (Å²) >= 11 is 0. The summed E-state index contributed by atoms with van der Waals surface area (Å²) in [6.45, 7) is 11.0. The van der Waals surface area contributed by atoms with Crippen LogP contribution in [0.3, 0.4) is 0 Å². The Kier molecular flexibility index (Phi) is 5.53. The Morgan fingerprint density at radius 3 is 2.62 bits per heavy atom. The van der Waals surface area contributed by atoms with Gasteiger partial charge in [0.05, 0.1) is 6.20 Å². The van der Waals surface area contributed by atoms with Crippen LogP contribution in [0.25, 0.3) is 0 Å². The van der Waals surface area contributed by atoms with Crippen molar-refractivity contribution in [3.8, 4) is 0 Å². The van der Waals surface area contributed by atoms with Crippen molar-refractivity contribution in [2.45, 2.75) is 53.1 Å². The SMILES string of the molecule is CCCNC(c1cnn(CCC)c1)C(C)C. The summed E-state index contributed by atoms with van der Waals surface area (Å²) in [5.74, 6) is 0.603. The van der Waals surface area contributed by atoms with Gasteiger partial charge in [0, 0.05) is 24.3 Å². The molecular formula is C13H25N3. The maximum Gasteiger partial charge on any atom is 0.0537 e. The van der Waals surface area contributed by atoms with E-state index in [1.54, 1.807) is 0 Å². The zero-order chi connectivity index (χ0) is 12.0. The van der Waals surface area contributed by atoms with Gasteiger partial charge in [0.15, 0.2) is 0 Å². The van der Waals surface area contributed by atoms with Gasteiger partial charge in [0.2, 0.25) is 0 Å². The second-order valence-electron chi connectivity index (χ2n) is 4.71. The van der Waals surface area contributed by atoms with E-state index in [0.717, 1.165) is 19.5 Å². The summed E-state index contributed by atoms with van der Waals surface area (Å²) in [4.78, 5) is 0. The third-order valence-electron chi connectivity index (χ3n) is 2.75. The van der Waals surface area contributed by atoms with Crippen molar-refractivity contribution in [2.24, 2.45) is 5.92 Å². The van der Waals surface area contributed by atoms with E-state index in [1.807, 2.05) is 10.9 Å². The van der Waals surface area contributed by atoms with Gasteiger partial charge in [-0.25, -0.2) is 0 Å². The molecule has 1 rings (SSSR count). The molecule has 0 spiro atoms. The van der Waals surface area contributed by atoms with E-state index in [0.29, 0.717) is 12.0 Å². The first kappa shape index (κ1) is 13.2. The summed E-state index contributed by atoms with van der Waals surface area (Å²) in [6, 6.07) is 0.436. The molecule has 1 heterocycles. The van der Waals surface area contributed by atoms with Crippen LogP contribution >= 0.6 is 0 Å². The van der Waals surface area contributed by atoms with Gasteiger partial charge in [-0.2, -0.15) is 5.10 Å². The Bertz CT molecular complexity index is 291. The fraction of sp³-hybridized carbons (Fsp3) is 0.769. The zero-order valence-corrected chi connectivity index (χ0v) is 11.0. The Labute approximate surface area is 99.2 Å². The maximum absolute atomic E-state index is 4.39. The van der Waals surface area contributed by atoms with Crippen LogP contribution in [0.4, 0.5) is 0 Å². The monoisotopic (exact) mass is 223 g/mol. The lowest BCUT2D eigenvalue weighted by Crippen LogP contribution is -2.26. The molecule has 0 aliphatic rings. The third kappa shape index (κ3) is 3.63. The van der Waals surface area contributed by atoms with E-state index in [-0.39, 0.29) is 0 Å². The van der Waals surface area contributed by atoms with E-state index in [1.165, 1.54) is 12.0 Å². The summed E-state index contributed by atoms with van der Waals surface area (Å²) in [7, 11) is 0. The number of aromatic nitrogens is 2. The quantitative estimate of drug-likeness (QED) is 0.770. The highest BCUT2D eigenvalue weighted by Gasteiger charge is 2.16. The van der Waals surface area contributed by atoms with Gasteiger partial charge < -0.3 is 5.32 Å². The van der Waals surface area contributed by atoms with Gasteiger partial charge in [-0.3, -0.25) is 4.68 Å². The van der Waals surface area contributed by atoms with E-state index >= 15 is 0 Å². The van der Waals surface area contributed by atoms with Crippen LogP contribution in [-0.4, -0.2) is 16.3 Å². The molecular weight excluding hydrogens is 198 g/mol. The summed E-state index contributed by atoms with van der Waals surface area (Å²) in [6.07, 6.45) is 6.49. The molecule has 0 saturated carbocycles. The van der Waals surface area contributed by atoms with Crippen molar-refractivity contribution in [3.05, 3.63) is 18.0 Å². The molecule has 1 aromatic rings. The summed E-state index contributed by atoms with van der Waals surface area (Å²) in [5, 5.41) is 7.98. The average Bonchev–Trinajstić information content (AvgIpc) is 2.67. The largest absolute Gasteiger partial charge is 0.310 e. The topological polar surface area (TPSA) is 29.9 Å². The lowest BCUT2D eigenvalue weighted by Gasteiger charge is -2.20. The number of aryl methyl sites for hydroxylation is 1. The molecule has 0 aliphatic heterocycles. The molecule has 0 saturated heterocycles. The van der Waals surface area contributed by atoms with Crippen molar-refractivity contribution >= 4 is 0 Å². The molecule has 1 atom stereocenters. The minimum absolute atomic E-state index is 0.436. The molecule has 92 valence electrons. The molecule has 16 heavy (non-hydrogen) atoms. The summed E-state index contributed by atoms with van der Waals surface area (Å²) < 4.78 is 2.04. The van der Waals surface area contributed by atoms with Crippen LogP contribution in [0.15, 0.2) is 12.4 Å². The van der Waals surface area contributed by atoms with E-state index in [2.05, 4.69) is 44.3 Å². The molecule has 1 N–H and O–H groups in total. The third-order valence-corrected chi connectivity index (χ3v) is 2.75. The van der Waals surface area contributed by atoms with Crippen LogP contribution in [-0.2, 0) is 6.54 Å². The molecule has 0 aliphatic carbocycles. The van der Waals surface area contributed by atoms with Crippen molar-refractivity contribution in [1.82, 2.24) is 15.1 Å². The Balaban J connectivity index is 2.68. The van der Waals surface area contributed by atoms with Crippen molar-refractivity contribution < 1.29 is 0 Å². The highest BCUT2D eigenvalue weighted by molar-refractivity contribution is 5.11. The van der Waals surface area contributed by atoms with Crippen LogP contribution in [0.5, 0.6) is 0 Å². The van der Waals surface area contributed by atoms with E-state index < -0.39 is 0 Å². The standard InChI is InChI=1S/C13H25N3/c1-5-7-14-13(11(3)4)12-9-15-16(10-12)8-6-2/h9-11,13-14H,5-8H2,1-4H3. The summed E-state index contributed by atoms with van der Waals surface area (Å²) in [5.41, 5.74) is 1.32. The smallest absolute Gasteiger partial charge is 0.0537 e. The van der Waals surface area contributed by atoms with Crippen LogP contribution in [0.1, 0.15) is 52.1 Å². The minimum atomic E-state index is 0.436. The molecule has 0 bridgehead atoms. The van der Waals surface area contributed by atoms with E-state index in [9.17, 15) is 0 Å². The molecule has 1 unspecified atom stereocenters. The first-order valence-corrected chi connectivity index (χ1v) is 6.44. The molecule has 0 amide bonds. The van der Waals surface area contributed by atoms with Gasteiger partial charge in [-0.05, 0) is 25.3 Å². The first-order valence-electron chi connectivity index (χ1n) is 6.44. The molecule has 3 nitrogen and oxygen atoms in total. The second kappa shape index (κ2) is 6.69. The average molecular weight is 223 g/mol. The predicted octanol–water partition coefficient (Wildman–Crippen LogP) is 2.99. The normalized spacial score (nSPS) is 13.3.